The molecule has 0 spiro atoms. The first-order valence-corrected chi connectivity index (χ1v) is 10.5. The van der Waals surface area contributed by atoms with Gasteiger partial charge in [0.05, 0.1) is 14.2 Å². The molecule has 0 aliphatic carbocycles. The van der Waals surface area contributed by atoms with Crippen molar-refractivity contribution in [1.82, 2.24) is 19.6 Å². The van der Waals surface area contributed by atoms with Crippen LogP contribution in [0.15, 0.2) is 67.0 Å². The van der Waals surface area contributed by atoms with Gasteiger partial charge in [-0.1, -0.05) is 36.4 Å². The van der Waals surface area contributed by atoms with Crippen molar-refractivity contribution in [3.05, 3.63) is 78.1 Å². The van der Waals surface area contributed by atoms with E-state index in [2.05, 4.69) is 16.1 Å². The molecule has 2 heterocycles. The Bertz CT molecular complexity index is 983. The first-order valence-electron chi connectivity index (χ1n) is 10.5. The lowest BCUT2D eigenvalue weighted by atomic mass is 10.1. The molecule has 0 bridgehead atoms. The van der Waals surface area contributed by atoms with Crippen LogP contribution in [-0.4, -0.2) is 65.9 Å². The fourth-order valence-corrected chi connectivity index (χ4v) is 4.01. The quantitative estimate of drug-likeness (QED) is 0.588. The molecule has 1 fully saturated rings. The molecular weight excluding hydrogens is 392 g/mol. The van der Waals surface area contributed by atoms with Gasteiger partial charge < -0.3 is 14.4 Å². The van der Waals surface area contributed by atoms with Gasteiger partial charge in [-0.3, -0.25) is 14.4 Å². The topological polar surface area (TPSA) is 59.8 Å². The van der Waals surface area contributed by atoms with E-state index in [-0.39, 0.29) is 5.91 Å². The molecular formula is C24H28N4O3. The zero-order chi connectivity index (χ0) is 21.6. The summed E-state index contributed by atoms with van der Waals surface area (Å²) in [6.07, 6.45) is 3.56. The highest BCUT2D eigenvalue weighted by Gasteiger charge is 2.30. The number of amides is 1. The van der Waals surface area contributed by atoms with Crippen molar-refractivity contribution in [1.29, 1.82) is 0 Å². The molecule has 1 aliphatic heterocycles. The highest BCUT2D eigenvalue weighted by molar-refractivity contribution is 5.83. The summed E-state index contributed by atoms with van der Waals surface area (Å²) in [5, 5.41) is 4.35. The number of piperazine rings is 1. The predicted molar refractivity (Wildman–Crippen MR) is 118 cm³/mol. The molecule has 1 unspecified atom stereocenters. The first-order chi connectivity index (χ1) is 15.2. The Hall–Kier alpha value is -3.32. The van der Waals surface area contributed by atoms with E-state index in [0.29, 0.717) is 13.1 Å². The Morgan fingerprint density at radius 2 is 1.71 bits per heavy atom. The maximum atomic E-state index is 13.4. The SMILES string of the molecule is COc1ccc(CN2CCN(C(=O)C(c3ccccc3)n3cccn3)CC2)cc1OC. The Balaban J connectivity index is 1.41. The third-order valence-electron chi connectivity index (χ3n) is 5.68. The summed E-state index contributed by atoms with van der Waals surface area (Å²) in [5.41, 5.74) is 2.11. The van der Waals surface area contributed by atoms with Crippen LogP contribution in [0.4, 0.5) is 0 Å². The summed E-state index contributed by atoms with van der Waals surface area (Å²) in [5.74, 6) is 1.55. The van der Waals surface area contributed by atoms with Crippen molar-refractivity contribution < 1.29 is 14.3 Å². The molecule has 1 amide bonds. The average molecular weight is 421 g/mol. The monoisotopic (exact) mass is 420 g/mol. The van der Waals surface area contributed by atoms with Crippen LogP contribution in [-0.2, 0) is 11.3 Å². The zero-order valence-corrected chi connectivity index (χ0v) is 18.0. The van der Waals surface area contributed by atoms with Crippen LogP contribution in [0.3, 0.4) is 0 Å². The van der Waals surface area contributed by atoms with Gasteiger partial charge in [-0.05, 0) is 29.3 Å². The summed E-state index contributed by atoms with van der Waals surface area (Å²) >= 11 is 0. The van der Waals surface area contributed by atoms with E-state index < -0.39 is 6.04 Å². The largest absolute Gasteiger partial charge is 0.493 e. The Labute approximate surface area is 182 Å². The number of carbonyl (C=O) groups is 1. The van der Waals surface area contributed by atoms with Crippen molar-refractivity contribution in [2.24, 2.45) is 0 Å². The van der Waals surface area contributed by atoms with E-state index in [4.69, 9.17) is 9.47 Å². The fraction of sp³-hybridized carbons (Fsp3) is 0.333. The minimum absolute atomic E-state index is 0.0840. The number of aromatic nitrogens is 2. The minimum atomic E-state index is -0.436. The highest BCUT2D eigenvalue weighted by Crippen LogP contribution is 2.28. The second-order valence-corrected chi connectivity index (χ2v) is 7.59. The summed E-state index contributed by atoms with van der Waals surface area (Å²) in [7, 11) is 3.29. The first kappa shape index (κ1) is 20.9. The average Bonchev–Trinajstić information content (AvgIpc) is 3.34. The van der Waals surface area contributed by atoms with Crippen molar-refractivity contribution in [2.45, 2.75) is 12.6 Å². The molecule has 0 saturated carbocycles. The van der Waals surface area contributed by atoms with E-state index in [1.54, 1.807) is 25.1 Å². The van der Waals surface area contributed by atoms with Gasteiger partial charge in [0.1, 0.15) is 0 Å². The molecule has 7 heteroatoms. The van der Waals surface area contributed by atoms with E-state index in [1.165, 1.54) is 0 Å². The molecule has 1 saturated heterocycles. The van der Waals surface area contributed by atoms with Crippen molar-refractivity contribution in [3.63, 3.8) is 0 Å². The molecule has 1 aromatic heterocycles. The second kappa shape index (κ2) is 9.66. The standard InChI is InChI=1S/C24H28N4O3/c1-30-21-10-9-19(17-22(21)31-2)18-26-13-15-27(16-14-26)24(29)23(28-12-6-11-25-28)20-7-4-3-5-8-20/h3-12,17,23H,13-16,18H2,1-2H3. The predicted octanol–water partition coefficient (Wildman–Crippen LogP) is 2.83. The van der Waals surface area contributed by atoms with Crippen LogP contribution in [0.5, 0.6) is 11.5 Å². The Morgan fingerprint density at radius 1 is 0.968 bits per heavy atom. The fourth-order valence-electron chi connectivity index (χ4n) is 4.01. The van der Waals surface area contributed by atoms with Crippen LogP contribution < -0.4 is 9.47 Å². The molecule has 1 atom stereocenters. The molecule has 0 N–H and O–H groups in total. The summed E-state index contributed by atoms with van der Waals surface area (Å²) in [4.78, 5) is 17.7. The number of ether oxygens (including phenoxy) is 2. The van der Waals surface area contributed by atoms with Crippen molar-refractivity contribution in [3.8, 4) is 11.5 Å². The molecule has 3 aromatic rings. The molecule has 31 heavy (non-hydrogen) atoms. The molecule has 2 aromatic carbocycles. The van der Waals surface area contributed by atoms with E-state index in [1.807, 2.05) is 59.6 Å². The number of hydrogen-bond acceptors (Lipinski definition) is 5. The van der Waals surface area contributed by atoms with E-state index in [0.717, 1.165) is 42.3 Å². The Morgan fingerprint density at radius 3 is 2.35 bits per heavy atom. The maximum absolute atomic E-state index is 13.4. The molecule has 1 aliphatic rings. The van der Waals surface area contributed by atoms with Crippen molar-refractivity contribution in [2.75, 3.05) is 40.4 Å². The van der Waals surface area contributed by atoms with Gasteiger partial charge in [-0.15, -0.1) is 0 Å². The van der Waals surface area contributed by atoms with Gasteiger partial charge in [-0.2, -0.15) is 5.10 Å². The Kier molecular flexibility index (Phi) is 6.52. The number of methoxy groups -OCH3 is 2. The van der Waals surface area contributed by atoms with Crippen LogP contribution in [0.2, 0.25) is 0 Å². The van der Waals surface area contributed by atoms with Gasteiger partial charge in [-0.25, -0.2) is 0 Å². The number of benzene rings is 2. The van der Waals surface area contributed by atoms with Gasteiger partial charge in [0.2, 0.25) is 0 Å². The molecule has 7 nitrogen and oxygen atoms in total. The van der Waals surface area contributed by atoms with E-state index in [9.17, 15) is 4.79 Å². The van der Waals surface area contributed by atoms with Gasteiger partial charge in [0, 0.05) is 45.1 Å². The van der Waals surface area contributed by atoms with Crippen LogP contribution in [0.25, 0.3) is 0 Å². The maximum Gasteiger partial charge on any atom is 0.252 e. The van der Waals surface area contributed by atoms with Crippen LogP contribution in [0, 0.1) is 0 Å². The number of rotatable bonds is 7. The second-order valence-electron chi connectivity index (χ2n) is 7.59. The lowest BCUT2D eigenvalue weighted by Gasteiger charge is -2.36. The van der Waals surface area contributed by atoms with Crippen LogP contribution in [0.1, 0.15) is 17.2 Å². The van der Waals surface area contributed by atoms with Gasteiger partial charge in [0.15, 0.2) is 17.5 Å². The number of nitrogens with zero attached hydrogens (tertiary/aromatic N) is 4. The van der Waals surface area contributed by atoms with E-state index >= 15 is 0 Å². The molecule has 0 radical (unpaired) electrons. The highest BCUT2D eigenvalue weighted by atomic mass is 16.5. The number of hydrogen-bond donors (Lipinski definition) is 0. The van der Waals surface area contributed by atoms with Gasteiger partial charge >= 0.3 is 0 Å². The zero-order valence-electron chi connectivity index (χ0n) is 18.0. The van der Waals surface area contributed by atoms with Crippen LogP contribution >= 0.6 is 0 Å². The lowest BCUT2D eigenvalue weighted by Crippen LogP contribution is -2.50. The summed E-state index contributed by atoms with van der Waals surface area (Å²) < 4.78 is 12.5. The smallest absolute Gasteiger partial charge is 0.252 e. The summed E-state index contributed by atoms with van der Waals surface area (Å²) in [6.45, 7) is 3.83. The van der Waals surface area contributed by atoms with Gasteiger partial charge in [0.25, 0.3) is 5.91 Å². The number of carbonyl (C=O) groups excluding carboxylic acids is 1. The molecule has 162 valence electrons. The van der Waals surface area contributed by atoms with Crippen molar-refractivity contribution >= 4 is 5.91 Å². The normalized spacial score (nSPS) is 15.5. The third-order valence-corrected chi connectivity index (χ3v) is 5.68. The third kappa shape index (κ3) is 4.72. The lowest BCUT2D eigenvalue weighted by molar-refractivity contribution is -0.135. The minimum Gasteiger partial charge on any atom is -0.493 e. The molecule has 4 rings (SSSR count). The summed E-state index contributed by atoms with van der Waals surface area (Å²) in [6, 6.07) is 17.3.